The summed E-state index contributed by atoms with van der Waals surface area (Å²) in [5.41, 5.74) is 2.33. The summed E-state index contributed by atoms with van der Waals surface area (Å²) in [6, 6.07) is 13.3. The molecule has 1 aliphatic carbocycles. The average Bonchev–Trinajstić information content (AvgIpc) is 3.07. The van der Waals surface area contributed by atoms with Crippen LogP contribution in [0.25, 0.3) is 0 Å². The summed E-state index contributed by atoms with van der Waals surface area (Å²) in [5, 5.41) is 7.69. The zero-order valence-corrected chi connectivity index (χ0v) is 12.0. The van der Waals surface area contributed by atoms with Crippen molar-refractivity contribution in [2.24, 2.45) is 5.92 Å². The van der Waals surface area contributed by atoms with Crippen LogP contribution in [0.3, 0.4) is 0 Å². The molecule has 1 aliphatic rings. The third-order valence-corrected chi connectivity index (χ3v) is 4.21. The van der Waals surface area contributed by atoms with E-state index in [0.29, 0.717) is 12.0 Å². The first-order valence-electron chi connectivity index (χ1n) is 7.51. The third kappa shape index (κ3) is 3.28. The van der Waals surface area contributed by atoms with Crippen molar-refractivity contribution in [1.29, 1.82) is 0 Å². The van der Waals surface area contributed by atoms with E-state index in [2.05, 4.69) is 46.9 Å². The van der Waals surface area contributed by atoms with Crippen LogP contribution < -0.4 is 5.32 Å². The van der Waals surface area contributed by atoms with Crippen LogP contribution in [0.1, 0.15) is 36.3 Å². The van der Waals surface area contributed by atoms with Gasteiger partial charge in [0.2, 0.25) is 0 Å². The van der Waals surface area contributed by atoms with Crippen LogP contribution in [-0.4, -0.2) is 11.2 Å². The van der Waals surface area contributed by atoms with E-state index in [4.69, 9.17) is 4.52 Å². The third-order valence-electron chi connectivity index (χ3n) is 4.21. The van der Waals surface area contributed by atoms with Gasteiger partial charge in [0, 0.05) is 25.1 Å². The largest absolute Gasteiger partial charge is 0.361 e. The molecule has 1 fully saturated rings. The number of hydrogen-bond acceptors (Lipinski definition) is 3. The highest BCUT2D eigenvalue weighted by atomic mass is 16.5. The van der Waals surface area contributed by atoms with E-state index < -0.39 is 0 Å². The molecule has 20 heavy (non-hydrogen) atoms. The van der Waals surface area contributed by atoms with Gasteiger partial charge in [0.25, 0.3) is 0 Å². The highest BCUT2D eigenvalue weighted by molar-refractivity contribution is 5.14. The maximum atomic E-state index is 5.36. The molecule has 0 unspecified atom stereocenters. The number of rotatable bonds is 5. The predicted molar refractivity (Wildman–Crippen MR) is 79.4 cm³/mol. The summed E-state index contributed by atoms with van der Waals surface area (Å²) in [6.45, 7) is 2.93. The molecule has 3 nitrogen and oxygen atoms in total. The molecule has 1 saturated carbocycles. The van der Waals surface area contributed by atoms with Crippen LogP contribution in [-0.2, 0) is 13.0 Å². The molecule has 1 heterocycles. The second kappa shape index (κ2) is 6.23. The molecule has 0 saturated heterocycles. The Bertz CT molecular complexity index is 535. The maximum Gasteiger partial charge on any atom is 0.137 e. The number of nitrogens with one attached hydrogen (secondary N) is 1. The SMILES string of the molecule is Cc1cc(C[C@@H]2CCC[C@H]2NCc2ccccc2)on1. The minimum Gasteiger partial charge on any atom is -0.361 e. The summed E-state index contributed by atoms with van der Waals surface area (Å²) in [4.78, 5) is 0. The minimum absolute atomic E-state index is 0.598. The Kier molecular flexibility index (Phi) is 4.16. The highest BCUT2D eigenvalue weighted by Crippen LogP contribution is 2.29. The Morgan fingerprint density at radius 1 is 1.25 bits per heavy atom. The standard InChI is InChI=1S/C17H22N2O/c1-13-10-16(20-19-13)11-15-8-5-9-17(15)18-12-14-6-3-2-4-7-14/h2-4,6-7,10,15,17-18H,5,8-9,11-12H2,1H3/t15-,17+/m0/s1. The van der Waals surface area contributed by atoms with Crippen molar-refractivity contribution in [2.75, 3.05) is 0 Å². The number of nitrogens with zero attached hydrogens (tertiary/aromatic N) is 1. The number of aryl methyl sites for hydroxylation is 1. The second-order valence-corrected chi connectivity index (χ2v) is 5.80. The van der Waals surface area contributed by atoms with Crippen LogP contribution in [0, 0.1) is 12.8 Å². The van der Waals surface area contributed by atoms with Gasteiger partial charge < -0.3 is 9.84 Å². The smallest absolute Gasteiger partial charge is 0.137 e. The van der Waals surface area contributed by atoms with E-state index in [0.717, 1.165) is 24.4 Å². The molecular formula is C17H22N2O. The monoisotopic (exact) mass is 270 g/mol. The normalized spacial score (nSPS) is 22.2. The summed E-state index contributed by atoms with van der Waals surface area (Å²) >= 11 is 0. The molecule has 106 valence electrons. The molecule has 1 aromatic carbocycles. The average molecular weight is 270 g/mol. The van der Waals surface area contributed by atoms with E-state index in [-0.39, 0.29) is 0 Å². The molecule has 3 rings (SSSR count). The predicted octanol–water partition coefficient (Wildman–Crippen LogP) is 3.48. The Labute approximate surface area is 120 Å². The lowest BCUT2D eigenvalue weighted by atomic mass is 9.97. The lowest BCUT2D eigenvalue weighted by Gasteiger charge is -2.20. The second-order valence-electron chi connectivity index (χ2n) is 5.80. The quantitative estimate of drug-likeness (QED) is 0.904. The lowest BCUT2D eigenvalue weighted by molar-refractivity contribution is 0.329. The van der Waals surface area contributed by atoms with Gasteiger partial charge in [0.1, 0.15) is 5.76 Å². The van der Waals surface area contributed by atoms with E-state index in [9.17, 15) is 0 Å². The van der Waals surface area contributed by atoms with Gasteiger partial charge in [-0.3, -0.25) is 0 Å². The maximum absolute atomic E-state index is 5.36. The number of benzene rings is 1. The first-order chi connectivity index (χ1) is 9.81. The number of hydrogen-bond donors (Lipinski definition) is 1. The summed E-state index contributed by atoms with van der Waals surface area (Å²) in [6.07, 6.45) is 4.87. The zero-order chi connectivity index (χ0) is 13.8. The van der Waals surface area contributed by atoms with Crippen LogP contribution in [0.4, 0.5) is 0 Å². The van der Waals surface area contributed by atoms with Crippen LogP contribution in [0.15, 0.2) is 40.9 Å². The summed E-state index contributed by atoms with van der Waals surface area (Å²) in [7, 11) is 0. The first-order valence-corrected chi connectivity index (χ1v) is 7.51. The fraction of sp³-hybridized carbons (Fsp3) is 0.471. The Balaban J connectivity index is 1.55. The summed E-state index contributed by atoms with van der Waals surface area (Å²) < 4.78 is 5.36. The lowest BCUT2D eigenvalue weighted by Crippen LogP contribution is -2.32. The first kappa shape index (κ1) is 13.4. The molecule has 2 aromatic rings. The van der Waals surface area contributed by atoms with Gasteiger partial charge in [-0.05, 0) is 31.2 Å². The van der Waals surface area contributed by atoms with Crippen LogP contribution >= 0.6 is 0 Å². The molecule has 1 N–H and O–H groups in total. The van der Waals surface area contributed by atoms with Gasteiger partial charge in [0.05, 0.1) is 5.69 Å². The van der Waals surface area contributed by atoms with E-state index in [1.807, 2.05) is 6.92 Å². The van der Waals surface area contributed by atoms with Crippen molar-refractivity contribution in [2.45, 2.75) is 45.2 Å². The van der Waals surface area contributed by atoms with Gasteiger partial charge in [-0.15, -0.1) is 0 Å². The van der Waals surface area contributed by atoms with E-state index in [1.165, 1.54) is 24.8 Å². The molecule has 0 radical (unpaired) electrons. The molecular weight excluding hydrogens is 248 g/mol. The van der Waals surface area contributed by atoms with Gasteiger partial charge in [0.15, 0.2) is 0 Å². The van der Waals surface area contributed by atoms with Crippen molar-refractivity contribution in [3.63, 3.8) is 0 Å². The van der Waals surface area contributed by atoms with Crippen LogP contribution in [0.2, 0.25) is 0 Å². The zero-order valence-electron chi connectivity index (χ0n) is 12.0. The molecule has 0 spiro atoms. The van der Waals surface area contributed by atoms with E-state index in [1.54, 1.807) is 0 Å². The van der Waals surface area contributed by atoms with Crippen molar-refractivity contribution >= 4 is 0 Å². The van der Waals surface area contributed by atoms with Crippen molar-refractivity contribution < 1.29 is 4.52 Å². The van der Waals surface area contributed by atoms with Gasteiger partial charge >= 0.3 is 0 Å². The fourth-order valence-corrected chi connectivity index (χ4v) is 3.17. The highest BCUT2D eigenvalue weighted by Gasteiger charge is 2.27. The Hall–Kier alpha value is -1.61. The molecule has 0 amide bonds. The fourth-order valence-electron chi connectivity index (χ4n) is 3.17. The summed E-state index contributed by atoms with van der Waals surface area (Å²) in [5.74, 6) is 1.70. The Morgan fingerprint density at radius 3 is 2.85 bits per heavy atom. The molecule has 0 bridgehead atoms. The van der Waals surface area contributed by atoms with Crippen molar-refractivity contribution in [3.05, 3.63) is 53.4 Å². The minimum atomic E-state index is 0.598. The molecule has 1 aromatic heterocycles. The van der Waals surface area contributed by atoms with Crippen LogP contribution in [0.5, 0.6) is 0 Å². The van der Waals surface area contributed by atoms with E-state index >= 15 is 0 Å². The molecule has 3 heteroatoms. The van der Waals surface area contributed by atoms with Crippen molar-refractivity contribution in [3.8, 4) is 0 Å². The van der Waals surface area contributed by atoms with Gasteiger partial charge in [-0.25, -0.2) is 0 Å². The topological polar surface area (TPSA) is 38.1 Å². The number of aromatic nitrogens is 1. The Morgan fingerprint density at radius 2 is 2.10 bits per heavy atom. The van der Waals surface area contributed by atoms with Gasteiger partial charge in [-0.2, -0.15) is 0 Å². The van der Waals surface area contributed by atoms with Gasteiger partial charge in [-0.1, -0.05) is 41.9 Å². The van der Waals surface area contributed by atoms with Crippen molar-refractivity contribution in [1.82, 2.24) is 10.5 Å². The molecule has 2 atom stereocenters. The molecule has 0 aliphatic heterocycles.